The molecule has 33 heavy (non-hydrogen) atoms. The molecule has 0 unspecified atom stereocenters. The summed E-state index contributed by atoms with van der Waals surface area (Å²) in [7, 11) is 3.26. The van der Waals surface area contributed by atoms with Gasteiger partial charge in [-0.05, 0) is 12.1 Å². The van der Waals surface area contributed by atoms with Crippen molar-refractivity contribution in [1.82, 2.24) is 34.7 Å². The highest BCUT2D eigenvalue weighted by Crippen LogP contribution is 2.36. The van der Waals surface area contributed by atoms with E-state index in [1.807, 2.05) is 13.2 Å². The van der Waals surface area contributed by atoms with Gasteiger partial charge in [-0.2, -0.15) is 5.10 Å². The number of benzene rings is 1. The third kappa shape index (κ3) is 3.91. The highest BCUT2D eigenvalue weighted by Gasteiger charge is 2.21. The lowest BCUT2D eigenvalue weighted by atomic mass is 10.2. The van der Waals surface area contributed by atoms with Gasteiger partial charge in [0.15, 0.2) is 17.2 Å². The largest absolute Gasteiger partial charge is 0.505 e. The van der Waals surface area contributed by atoms with Crippen molar-refractivity contribution in [1.29, 1.82) is 0 Å². The lowest BCUT2D eigenvalue weighted by Gasteiger charge is -2.24. The Labute approximate surface area is 187 Å². The van der Waals surface area contributed by atoms with Gasteiger partial charge in [0.1, 0.15) is 22.9 Å². The second-order valence-electron chi connectivity index (χ2n) is 7.27. The molecule has 0 aliphatic heterocycles. The topological polar surface area (TPSA) is 118 Å². The average molecular weight is 446 g/mol. The Kier molecular flexibility index (Phi) is 5.05. The van der Waals surface area contributed by atoms with Gasteiger partial charge >= 0.3 is 0 Å². The van der Waals surface area contributed by atoms with E-state index >= 15 is 4.39 Å². The zero-order valence-corrected chi connectivity index (χ0v) is 17.8. The van der Waals surface area contributed by atoms with Crippen LogP contribution in [0.5, 0.6) is 11.5 Å². The molecule has 0 amide bonds. The Morgan fingerprint density at radius 2 is 2.06 bits per heavy atom. The summed E-state index contributed by atoms with van der Waals surface area (Å²) in [6.45, 7) is 0.157. The number of aromatic amines is 1. The maximum atomic E-state index is 15.0. The molecule has 0 bridgehead atoms. The normalized spacial score (nSPS) is 11.1. The minimum absolute atomic E-state index is 0.0754. The minimum atomic E-state index is -0.806. The number of methoxy groups -OCH3 is 1. The van der Waals surface area contributed by atoms with E-state index in [1.54, 1.807) is 46.5 Å². The standard InChI is InChI=1S/C22H19FN8O2/c1-30-11-13(9-27-30)16-10-26-15-3-4-20(29-22(15)28-16)31(12-19-24-5-6-25-19)17-7-14(33-2)8-18(32)21(17)23/h3-11,32H,12H2,1-2H3,(H,24,25). The predicted octanol–water partition coefficient (Wildman–Crippen LogP) is 3.34. The van der Waals surface area contributed by atoms with Crippen LogP contribution in [0.4, 0.5) is 15.9 Å². The van der Waals surface area contributed by atoms with E-state index in [0.29, 0.717) is 34.2 Å². The zero-order valence-electron chi connectivity index (χ0n) is 17.8. The number of rotatable bonds is 6. The van der Waals surface area contributed by atoms with Gasteiger partial charge in [-0.1, -0.05) is 0 Å². The molecule has 11 heteroatoms. The molecule has 5 aromatic rings. The molecule has 4 aromatic heterocycles. The Morgan fingerprint density at radius 3 is 2.79 bits per heavy atom. The Morgan fingerprint density at radius 1 is 1.18 bits per heavy atom. The van der Waals surface area contributed by atoms with Crippen LogP contribution >= 0.6 is 0 Å². The number of hydrogen-bond donors (Lipinski definition) is 2. The van der Waals surface area contributed by atoms with E-state index in [2.05, 4.69) is 30.0 Å². The fourth-order valence-electron chi connectivity index (χ4n) is 3.44. The van der Waals surface area contributed by atoms with Crippen molar-refractivity contribution in [3.63, 3.8) is 0 Å². The number of halogens is 1. The zero-order chi connectivity index (χ0) is 22.9. The number of aromatic hydroxyl groups is 1. The molecule has 0 atom stereocenters. The van der Waals surface area contributed by atoms with Crippen LogP contribution in [0.25, 0.3) is 22.4 Å². The summed E-state index contributed by atoms with van der Waals surface area (Å²) < 4.78 is 21.9. The number of fused-ring (bicyclic) bond motifs is 1. The number of aromatic nitrogens is 7. The number of phenols is 1. The molecule has 1 aromatic carbocycles. The monoisotopic (exact) mass is 446 g/mol. The van der Waals surface area contributed by atoms with Gasteiger partial charge in [0.2, 0.25) is 0 Å². The molecule has 0 saturated carbocycles. The van der Waals surface area contributed by atoms with E-state index in [4.69, 9.17) is 4.74 Å². The highest BCUT2D eigenvalue weighted by molar-refractivity contribution is 5.77. The Balaban J connectivity index is 1.64. The molecule has 2 N–H and O–H groups in total. The van der Waals surface area contributed by atoms with Crippen LogP contribution in [0.1, 0.15) is 5.82 Å². The molecule has 4 heterocycles. The quantitative estimate of drug-likeness (QED) is 0.408. The third-order valence-corrected chi connectivity index (χ3v) is 5.07. The second kappa shape index (κ2) is 8.19. The fraction of sp³-hybridized carbons (Fsp3) is 0.136. The van der Waals surface area contributed by atoms with Crippen LogP contribution in [0.15, 0.2) is 55.2 Å². The van der Waals surface area contributed by atoms with Gasteiger partial charge in [-0.3, -0.25) is 9.67 Å². The smallest absolute Gasteiger partial charge is 0.188 e. The van der Waals surface area contributed by atoms with Crippen LogP contribution < -0.4 is 9.64 Å². The van der Waals surface area contributed by atoms with Crippen molar-refractivity contribution < 1.29 is 14.2 Å². The van der Waals surface area contributed by atoms with Gasteiger partial charge in [0, 0.05) is 43.3 Å². The SMILES string of the molecule is COc1cc(O)c(F)c(N(Cc2ncc[nH]2)c2ccc3ncc(-c4cnn(C)c4)nc3n2)c1. The molecule has 166 valence electrons. The average Bonchev–Trinajstić information content (AvgIpc) is 3.50. The number of H-pyrrole nitrogens is 1. The summed E-state index contributed by atoms with van der Waals surface area (Å²) in [5.41, 5.74) is 2.45. The predicted molar refractivity (Wildman–Crippen MR) is 119 cm³/mol. The number of nitrogens with zero attached hydrogens (tertiary/aromatic N) is 7. The summed E-state index contributed by atoms with van der Waals surface area (Å²) in [5, 5.41) is 14.3. The summed E-state index contributed by atoms with van der Waals surface area (Å²) in [4.78, 5) is 22.5. The van der Waals surface area contributed by atoms with E-state index in [0.717, 1.165) is 5.56 Å². The van der Waals surface area contributed by atoms with Crippen molar-refractivity contribution in [3.8, 4) is 22.8 Å². The maximum Gasteiger partial charge on any atom is 0.188 e. The first-order valence-electron chi connectivity index (χ1n) is 9.97. The van der Waals surface area contributed by atoms with E-state index < -0.39 is 11.6 Å². The van der Waals surface area contributed by atoms with Crippen LogP contribution in [0, 0.1) is 5.82 Å². The van der Waals surface area contributed by atoms with E-state index in [9.17, 15) is 5.11 Å². The number of imidazole rings is 1. The summed E-state index contributed by atoms with van der Waals surface area (Å²) in [5.74, 6) is -0.0719. The molecule has 0 fully saturated rings. The molecule has 0 aliphatic carbocycles. The molecule has 0 spiro atoms. The second-order valence-corrected chi connectivity index (χ2v) is 7.27. The van der Waals surface area contributed by atoms with Crippen LogP contribution in [-0.4, -0.2) is 46.9 Å². The lowest BCUT2D eigenvalue weighted by molar-refractivity contribution is 0.397. The van der Waals surface area contributed by atoms with Crippen molar-refractivity contribution in [2.24, 2.45) is 7.05 Å². The molecule has 0 aliphatic rings. The lowest BCUT2D eigenvalue weighted by Crippen LogP contribution is -2.20. The van der Waals surface area contributed by atoms with Crippen molar-refractivity contribution in [3.05, 3.63) is 66.9 Å². The first kappa shape index (κ1) is 20.4. The molecule has 5 rings (SSSR count). The molecular formula is C22H19FN8O2. The summed E-state index contributed by atoms with van der Waals surface area (Å²) in [6, 6.07) is 6.16. The molecular weight excluding hydrogens is 427 g/mol. The number of nitrogens with one attached hydrogen (secondary N) is 1. The molecule has 10 nitrogen and oxygen atoms in total. The third-order valence-electron chi connectivity index (χ3n) is 5.07. The van der Waals surface area contributed by atoms with Gasteiger partial charge < -0.3 is 19.7 Å². The Hall–Kier alpha value is -4.54. The van der Waals surface area contributed by atoms with Crippen molar-refractivity contribution >= 4 is 22.7 Å². The van der Waals surface area contributed by atoms with Gasteiger partial charge in [-0.25, -0.2) is 19.3 Å². The highest BCUT2D eigenvalue weighted by atomic mass is 19.1. The fourth-order valence-corrected chi connectivity index (χ4v) is 3.44. The van der Waals surface area contributed by atoms with Gasteiger partial charge in [0.25, 0.3) is 0 Å². The number of phenolic OH excluding ortho intramolecular Hbond substituents is 1. The number of aryl methyl sites for hydroxylation is 1. The molecule has 0 radical (unpaired) electrons. The number of ether oxygens (including phenoxy) is 1. The Bertz CT molecular complexity index is 1430. The first-order valence-corrected chi connectivity index (χ1v) is 9.97. The van der Waals surface area contributed by atoms with Crippen LogP contribution in [0.2, 0.25) is 0 Å². The van der Waals surface area contributed by atoms with Gasteiger partial charge in [0.05, 0.1) is 37.4 Å². The van der Waals surface area contributed by atoms with Crippen molar-refractivity contribution in [2.45, 2.75) is 6.54 Å². The minimum Gasteiger partial charge on any atom is -0.505 e. The van der Waals surface area contributed by atoms with Crippen LogP contribution in [0.3, 0.4) is 0 Å². The first-order chi connectivity index (χ1) is 16.0. The van der Waals surface area contributed by atoms with Crippen molar-refractivity contribution in [2.75, 3.05) is 12.0 Å². The van der Waals surface area contributed by atoms with Crippen LogP contribution in [-0.2, 0) is 13.6 Å². The number of anilines is 2. The number of pyridine rings is 1. The summed E-state index contributed by atoms with van der Waals surface area (Å²) in [6.07, 6.45) is 8.45. The maximum absolute atomic E-state index is 15.0. The van der Waals surface area contributed by atoms with E-state index in [-0.39, 0.29) is 12.2 Å². The van der Waals surface area contributed by atoms with E-state index in [1.165, 1.54) is 19.2 Å². The summed E-state index contributed by atoms with van der Waals surface area (Å²) >= 11 is 0. The molecule has 0 saturated heterocycles. The number of hydrogen-bond acceptors (Lipinski definition) is 8. The van der Waals surface area contributed by atoms with Gasteiger partial charge in [-0.15, -0.1) is 0 Å².